The smallest absolute Gasteiger partial charge is 0.165 e. The molecule has 0 aromatic heterocycles. The number of ether oxygens (including phenoxy) is 2. The number of nitrogens with one attached hydrogen (secondary N) is 1. The van der Waals surface area contributed by atoms with Gasteiger partial charge in [-0.05, 0) is 30.2 Å². The van der Waals surface area contributed by atoms with Gasteiger partial charge in [0.1, 0.15) is 0 Å². The molecule has 1 heterocycles. The molecule has 0 aliphatic carbocycles. The van der Waals surface area contributed by atoms with Crippen molar-refractivity contribution < 1.29 is 13.9 Å². The predicted molar refractivity (Wildman–Crippen MR) is 59.3 cm³/mol. The number of rotatable bonds is 2. The van der Waals surface area contributed by atoms with Crippen molar-refractivity contribution in [3.05, 3.63) is 29.1 Å². The molecular formula is C12H16FNO2. The first kappa shape index (κ1) is 11.4. The molecule has 16 heavy (non-hydrogen) atoms. The molecular weight excluding hydrogens is 209 g/mol. The summed E-state index contributed by atoms with van der Waals surface area (Å²) in [7, 11) is 1.47. The quantitative estimate of drug-likeness (QED) is 0.832. The first-order valence-electron chi connectivity index (χ1n) is 5.38. The zero-order valence-electron chi connectivity index (χ0n) is 9.55. The van der Waals surface area contributed by atoms with E-state index in [1.165, 1.54) is 13.2 Å². The average Bonchev–Trinajstić information content (AvgIpc) is 2.30. The standard InChI is InChI=1S/C12H16FNO2/c1-8-5-10(13)11(15-2)6-9(8)12-7-14-3-4-16-12/h5-6,12,14H,3-4,7H2,1-2H3. The van der Waals surface area contributed by atoms with Crippen LogP contribution in [-0.4, -0.2) is 26.8 Å². The van der Waals surface area contributed by atoms with Crippen LogP contribution in [0.5, 0.6) is 5.75 Å². The highest BCUT2D eigenvalue weighted by Gasteiger charge is 2.19. The molecule has 0 spiro atoms. The minimum Gasteiger partial charge on any atom is -0.494 e. The van der Waals surface area contributed by atoms with Crippen molar-refractivity contribution in [3.63, 3.8) is 0 Å². The Balaban J connectivity index is 2.31. The van der Waals surface area contributed by atoms with Gasteiger partial charge in [0.25, 0.3) is 0 Å². The van der Waals surface area contributed by atoms with E-state index in [0.29, 0.717) is 6.61 Å². The lowest BCUT2D eigenvalue weighted by Crippen LogP contribution is -2.33. The zero-order valence-corrected chi connectivity index (χ0v) is 9.55. The summed E-state index contributed by atoms with van der Waals surface area (Å²) in [6.45, 7) is 4.20. The van der Waals surface area contributed by atoms with Gasteiger partial charge in [-0.15, -0.1) is 0 Å². The fourth-order valence-electron chi connectivity index (χ4n) is 1.94. The number of hydrogen-bond donors (Lipinski definition) is 1. The van der Waals surface area contributed by atoms with Crippen molar-refractivity contribution in [1.29, 1.82) is 0 Å². The fourth-order valence-corrected chi connectivity index (χ4v) is 1.94. The summed E-state index contributed by atoms with van der Waals surface area (Å²) < 4.78 is 24.0. The van der Waals surface area contributed by atoms with Crippen LogP contribution in [0.25, 0.3) is 0 Å². The van der Waals surface area contributed by atoms with E-state index >= 15 is 0 Å². The van der Waals surface area contributed by atoms with Crippen molar-refractivity contribution in [2.45, 2.75) is 13.0 Å². The summed E-state index contributed by atoms with van der Waals surface area (Å²) in [5.41, 5.74) is 1.89. The lowest BCUT2D eigenvalue weighted by atomic mass is 10.0. The van der Waals surface area contributed by atoms with Crippen LogP contribution in [0.1, 0.15) is 17.2 Å². The molecule has 1 aromatic carbocycles. The highest BCUT2D eigenvalue weighted by Crippen LogP contribution is 2.28. The van der Waals surface area contributed by atoms with Crippen LogP contribution in [-0.2, 0) is 4.74 Å². The van der Waals surface area contributed by atoms with Crippen molar-refractivity contribution in [2.75, 3.05) is 26.8 Å². The Morgan fingerprint density at radius 1 is 1.50 bits per heavy atom. The van der Waals surface area contributed by atoms with Crippen molar-refractivity contribution in [3.8, 4) is 5.75 Å². The van der Waals surface area contributed by atoms with Gasteiger partial charge in [-0.1, -0.05) is 0 Å². The molecule has 1 N–H and O–H groups in total. The minimum absolute atomic E-state index is 0.0109. The Morgan fingerprint density at radius 2 is 2.31 bits per heavy atom. The van der Waals surface area contributed by atoms with Gasteiger partial charge in [0, 0.05) is 13.1 Å². The van der Waals surface area contributed by atoms with E-state index < -0.39 is 0 Å². The second-order valence-corrected chi connectivity index (χ2v) is 3.91. The number of benzene rings is 1. The largest absolute Gasteiger partial charge is 0.494 e. The third-order valence-electron chi connectivity index (χ3n) is 2.81. The Labute approximate surface area is 94.6 Å². The summed E-state index contributed by atoms with van der Waals surface area (Å²) in [4.78, 5) is 0. The van der Waals surface area contributed by atoms with Gasteiger partial charge >= 0.3 is 0 Å². The van der Waals surface area contributed by atoms with E-state index in [1.807, 2.05) is 6.92 Å². The number of hydrogen-bond acceptors (Lipinski definition) is 3. The molecule has 1 saturated heterocycles. The molecule has 88 valence electrons. The topological polar surface area (TPSA) is 30.5 Å². The van der Waals surface area contributed by atoms with Crippen molar-refractivity contribution >= 4 is 0 Å². The third kappa shape index (κ3) is 2.18. The van der Waals surface area contributed by atoms with Gasteiger partial charge in [0.05, 0.1) is 19.8 Å². The fraction of sp³-hybridized carbons (Fsp3) is 0.500. The molecule has 1 aromatic rings. The second kappa shape index (κ2) is 4.80. The van der Waals surface area contributed by atoms with Crippen molar-refractivity contribution in [2.24, 2.45) is 0 Å². The van der Waals surface area contributed by atoms with Crippen LogP contribution >= 0.6 is 0 Å². The lowest BCUT2D eigenvalue weighted by molar-refractivity contribution is 0.0271. The van der Waals surface area contributed by atoms with E-state index in [2.05, 4.69) is 5.32 Å². The average molecular weight is 225 g/mol. The monoisotopic (exact) mass is 225 g/mol. The Bertz CT molecular complexity index is 376. The van der Waals surface area contributed by atoms with Gasteiger partial charge in [0.2, 0.25) is 0 Å². The second-order valence-electron chi connectivity index (χ2n) is 3.91. The van der Waals surface area contributed by atoms with E-state index in [0.717, 1.165) is 24.2 Å². The first-order valence-corrected chi connectivity index (χ1v) is 5.38. The molecule has 1 aliphatic heterocycles. The van der Waals surface area contributed by atoms with E-state index in [-0.39, 0.29) is 17.7 Å². The molecule has 0 bridgehead atoms. The van der Waals surface area contributed by atoms with Crippen LogP contribution in [0.15, 0.2) is 12.1 Å². The van der Waals surface area contributed by atoms with Crippen LogP contribution in [0.3, 0.4) is 0 Å². The number of methoxy groups -OCH3 is 1. The number of aryl methyl sites for hydroxylation is 1. The van der Waals surface area contributed by atoms with Crippen LogP contribution < -0.4 is 10.1 Å². The van der Waals surface area contributed by atoms with E-state index in [1.54, 1.807) is 6.07 Å². The zero-order chi connectivity index (χ0) is 11.5. The van der Waals surface area contributed by atoms with E-state index in [4.69, 9.17) is 9.47 Å². The highest BCUT2D eigenvalue weighted by molar-refractivity contribution is 5.38. The first-order chi connectivity index (χ1) is 7.72. The molecule has 2 rings (SSSR count). The molecule has 1 aliphatic rings. The molecule has 0 saturated carbocycles. The normalized spacial score (nSPS) is 20.8. The SMILES string of the molecule is COc1cc(C2CNCCO2)c(C)cc1F. The number of morpholine rings is 1. The Hall–Kier alpha value is -1.13. The summed E-state index contributed by atoms with van der Waals surface area (Å²) >= 11 is 0. The molecule has 3 nitrogen and oxygen atoms in total. The summed E-state index contributed by atoms with van der Waals surface area (Å²) in [5.74, 6) is -0.0534. The Morgan fingerprint density at radius 3 is 2.94 bits per heavy atom. The minimum atomic E-state index is -0.326. The van der Waals surface area contributed by atoms with Gasteiger partial charge in [-0.2, -0.15) is 0 Å². The molecule has 0 amide bonds. The Kier molecular flexibility index (Phi) is 3.41. The van der Waals surface area contributed by atoms with Crippen LogP contribution in [0.4, 0.5) is 4.39 Å². The summed E-state index contributed by atoms with van der Waals surface area (Å²) in [5, 5.41) is 3.25. The molecule has 1 unspecified atom stereocenters. The van der Waals surface area contributed by atoms with E-state index in [9.17, 15) is 4.39 Å². The number of halogens is 1. The molecule has 1 fully saturated rings. The van der Waals surface area contributed by atoms with Crippen LogP contribution in [0, 0.1) is 12.7 Å². The van der Waals surface area contributed by atoms with Crippen LogP contribution in [0.2, 0.25) is 0 Å². The molecule has 0 radical (unpaired) electrons. The summed E-state index contributed by atoms with van der Waals surface area (Å²) in [6, 6.07) is 3.22. The maximum Gasteiger partial charge on any atom is 0.165 e. The van der Waals surface area contributed by atoms with Gasteiger partial charge in [0.15, 0.2) is 11.6 Å². The third-order valence-corrected chi connectivity index (χ3v) is 2.81. The lowest BCUT2D eigenvalue weighted by Gasteiger charge is -2.25. The molecule has 4 heteroatoms. The maximum atomic E-state index is 13.4. The maximum absolute atomic E-state index is 13.4. The molecule has 1 atom stereocenters. The predicted octanol–water partition coefficient (Wildman–Crippen LogP) is 1.80. The van der Waals surface area contributed by atoms with Gasteiger partial charge in [-0.25, -0.2) is 4.39 Å². The van der Waals surface area contributed by atoms with Crippen molar-refractivity contribution in [1.82, 2.24) is 5.32 Å². The van der Waals surface area contributed by atoms with Gasteiger partial charge in [-0.3, -0.25) is 0 Å². The summed E-state index contributed by atoms with van der Waals surface area (Å²) in [6.07, 6.45) is -0.0109. The highest BCUT2D eigenvalue weighted by atomic mass is 19.1. The van der Waals surface area contributed by atoms with Gasteiger partial charge < -0.3 is 14.8 Å².